The molecular weight excluding hydrogens is 543 g/mol. The van der Waals surface area contributed by atoms with Gasteiger partial charge in [0, 0.05) is 23.7 Å². The molecule has 3 aliphatic carbocycles. The fourth-order valence-electron chi connectivity index (χ4n) is 6.43. The molecular formula is C30H25Cl3N2O3. The largest absolute Gasteiger partial charge is 0.326 e. The number of benzene rings is 3. The van der Waals surface area contributed by atoms with Crippen molar-refractivity contribution < 1.29 is 14.4 Å². The number of likely N-dealkylation sites (tertiary alicyclic amines) is 1. The van der Waals surface area contributed by atoms with E-state index in [4.69, 9.17) is 34.8 Å². The smallest absolute Gasteiger partial charge is 0.235 e. The number of amides is 3. The number of carbonyl (C=O) groups is 3. The first-order valence-corrected chi connectivity index (χ1v) is 13.9. The maximum absolute atomic E-state index is 13.8. The molecule has 1 N–H and O–H groups in total. The van der Waals surface area contributed by atoms with Crippen molar-refractivity contribution in [3.05, 3.63) is 100 Å². The third-order valence-corrected chi connectivity index (χ3v) is 9.63. The van der Waals surface area contributed by atoms with Crippen LogP contribution in [-0.2, 0) is 24.1 Å². The molecule has 0 saturated carbocycles. The maximum Gasteiger partial charge on any atom is 0.235 e. The second-order valence-corrected chi connectivity index (χ2v) is 11.8. The first kappa shape index (κ1) is 25.4. The van der Waals surface area contributed by atoms with E-state index in [0.29, 0.717) is 36.4 Å². The predicted molar refractivity (Wildman–Crippen MR) is 148 cm³/mol. The van der Waals surface area contributed by atoms with E-state index < -0.39 is 21.6 Å². The molecule has 8 heteroatoms. The lowest BCUT2D eigenvalue weighted by Crippen LogP contribution is -2.57. The molecule has 0 unspecified atom stereocenters. The van der Waals surface area contributed by atoms with Crippen LogP contribution in [0.1, 0.15) is 47.9 Å². The number of halogens is 3. The van der Waals surface area contributed by atoms with Gasteiger partial charge in [-0.25, -0.2) is 0 Å². The molecule has 5 nitrogen and oxygen atoms in total. The molecule has 4 aliphatic rings. The fourth-order valence-corrected chi connectivity index (χ4v) is 7.66. The van der Waals surface area contributed by atoms with E-state index >= 15 is 0 Å². The Labute approximate surface area is 236 Å². The molecule has 7 rings (SSSR count). The summed E-state index contributed by atoms with van der Waals surface area (Å²) in [4.78, 5) is 38.9. The van der Waals surface area contributed by atoms with E-state index in [2.05, 4.69) is 5.32 Å². The zero-order chi connectivity index (χ0) is 26.7. The van der Waals surface area contributed by atoms with Crippen molar-refractivity contribution in [1.29, 1.82) is 0 Å². The SMILES string of the molecule is O=C(CCCCCN1C(=O)[C@H]2[C@H](C1=O)C1(Cl)c3ccccc3C2(Cl)c2ccccc21)Nc1ccc(Cl)cc1. The number of nitrogens with one attached hydrogen (secondary N) is 1. The number of imide groups is 1. The molecule has 1 heterocycles. The van der Waals surface area contributed by atoms with Gasteiger partial charge < -0.3 is 5.32 Å². The van der Waals surface area contributed by atoms with Gasteiger partial charge in [0.25, 0.3) is 0 Å². The van der Waals surface area contributed by atoms with Crippen LogP contribution in [0.3, 0.4) is 0 Å². The second-order valence-electron chi connectivity index (χ2n) is 10.2. The van der Waals surface area contributed by atoms with E-state index in [1.165, 1.54) is 4.90 Å². The van der Waals surface area contributed by atoms with E-state index in [9.17, 15) is 14.4 Å². The molecule has 3 amide bonds. The highest BCUT2D eigenvalue weighted by molar-refractivity contribution is 6.36. The average molecular weight is 568 g/mol. The van der Waals surface area contributed by atoms with Crippen LogP contribution in [0.15, 0.2) is 72.8 Å². The van der Waals surface area contributed by atoms with Gasteiger partial charge in [0.15, 0.2) is 0 Å². The first-order chi connectivity index (χ1) is 18.3. The summed E-state index contributed by atoms with van der Waals surface area (Å²) >= 11 is 20.7. The minimum atomic E-state index is -1.16. The average Bonchev–Trinajstić information content (AvgIpc) is 3.19. The van der Waals surface area contributed by atoms with Gasteiger partial charge in [-0.1, -0.05) is 66.6 Å². The van der Waals surface area contributed by atoms with Crippen molar-refractivity contribution >= 4 is 58.2 Å². The number of carbonyl (C=O) groups excluding carboxylic acids is 3. The van der Waals surface area contributed by atoms with Crippen LogP contribution in [0.4, 0.5) is 5.69 Å². The second kappa shape index (κ2) is 9.41. The van der Waals surface area contributed by atoms with Gasteiger partial charge in [0.2, 0.25) is 17.7 Å². The lowest BCUT2D eigenvalue weighted by atomic mass is 9.54. The van der Waals surface area contributed by atoms with Crippen molar-refractivity contribution in [2.45, 2.75) is 35.4 Å². The van der Waals surface area contributed by atoms with Gasteiger partial charge in [-0.05, 0) is 59.4 Å². The molecule has 1 saturated heterocycles. The lowest BCUT2D eigenvalue weighted by molar-refractivity contribution is -0.140. The maximum atomic E-state index is 13.8. The van der Waals surface area contributed by atoms with Crippen molar-refractivity contribution in [1.82, 2.24) is 4.90 Å². The highest BCUT2D eigenvalue weighted by atomic mass is 35.5. The zero-order valence-corrected chi connectivity index (χ0v) is 22.7. The van der Waals surface area contributed by atoms with Crippen LogP contribution in [-0.4, -0.2) is 29.2 Å². The van der Waals surface area contributed by atoms with Gasteiger partial charge in [-0.2, -0.15) is 0 Å². The lowest BCUT2D eigenvalue weighted by Gasteiger charge is -2.54. The number of alkyl halides is 2. The Balaban J connectivity index is 1.16. The molecule has 3 aromatic carbocycles. The predicted octanol–water partition coefficient (Wildman–Crippen LogP) is 6.43. The Morgan fingerprint density at radius 2 is 1.21 bits per heavy atom. The third-order valence-electron chi connectivity index (χ3n) is 8.09. The third kappa shape index (κ3) is 3.63. The van der Waals surface area contributed by atoms with Crippen molar-refractivity contribution in [2.75, 3.05) is 11.9 Å². The van der Waals surface area contributed by atoms with Crippen LogP contribution in [0.25, 0.3) is 0 Å². The van der Waals surface area contributed by atoms with Crippen LogP contribution in [0.2, 0.25) is 5.02 Å². The molecule has 194 valence electrons. The van der Waals surface area contributed by atoms with Gasteiger partial charge in [0.05, 0.1) is 11.8 Å². The number of rotatable bonds is 7. The van der Waals surface area contributed by atoms with Crippen LogP contribution >= 0.6 is 34.8 Å². The molecule has 2 atom stereocenters. The Hall–Kier alpha value is -2.86. The standard InChI is InChI=1S/C30H25Cl3N2O3/c31-18-13-15-19(16-14-18)34-24(36)12-2-1-7-17-35-27(37)25-26(28(35)38)30(33)21-9-4-3-8-20(21)29(25,32)22-10-5-6-11-23(22)30/h3-6,8-11,13-16,25-26H,1-2,7,12,17H2,(H,34,36)/t25-,26-,29?,30?/m1/s1. The van der Waals surface area contributed by atoms with Crippen LogP contribution < -0.4 is 5.32 Å². The fraction of sp³-hybridized carbons (Fsp3) is 0.300. The van der Waals surface area contributed by atoms with Gasteiger partial charge in [-0.15, -0.1) is 23.2 Å². The first-order valence-electron chi connectivity index (χ1n) is 12.8. The van der Waals surface area contributed by atoms with Gasteiger partial charge in [-0.3, -0.25) is 19.3 Å². The molecule has 2 bridgehead atoms. The molecule has 1 fully saturated rings. The van der Waals surface area contributed by atoms with E-state index in [1.54, 1.807) is 24.3 Å². The van der Waals surface area contributed by atoms with Gasteiger partial charge >= 0.3 is 0 Å². The quantitative estimate of drug-likeness (QED) is 0.203. The minimum Gasteiger partial charge on any atom is -0.326 e. The zero-order valence-electron chi connectivity index (χ0n) is 20.4. The van der Waals surface area contributed by atoms with Crippen molar-refractivity contribution in [2.24, 2.45) is 11.8 Å². The number of hydrogen-bond donors (Lipinski definition) is 1. The van der Waals surface area contributed by atoms with Crippen LogP contribution in [0, 0.1) is 11.8 Å². The summed E-state index contributed by atoms with van der Waals surface area (Å²) in [5.41, 5.74) is 3.88. The van der Waals surface area contributed by atoms with Crippen molar-refractivity contribution in [3.63, 3.8) is 0 Å². The normalized spacial score (nSPS) is 26.7. The summed E-state index contributed by atoms with van der Waals surface area (Å²) in [6.45, 7) is 0.274. The Morgan fingerprint density at radius 3 is 1.68 bits per heavy atom. The summed E-state index contributed by atoms with van der Waals surface area (Å²) in [5.74, 6) is -2.19. The highest BCUT2D eigenvalue weighted by Gasteiger charge is 2.72. The monoisotopic (exact) mass is 566 g/mol. The van der Waals surface area contributed by atoms with E-state index in [0.717, 1.165) is 22.3 Å². The summed E-state index contributed by atoms with van der Waals surface area (Å²) in [5, 5.41) is 3.45. The number of anilines is 1. The minimum absolute atomic E-state index is 0.0908. The summed E-state index contributed by atoms with van der Waals surface area (Å²) in [6, 6.07) is 22.2. The molecule has 0 radical (unpaired) electrons. The number of hydrogen-bond acceptors (Lipinski definition) is 3. The van der Waals surface area contributed by atoms with Gasteiger partial charge in [0.1, 0.15) is 9.75 Å². The molecule has 1 aliphatic heterocycles. The molecule has 0 spiro atoms. The van der Waals surface area contributed by atoms with Crippen molar-refractivity contribution in [3.8, 4) is 0 Å². The molecule has 38 heavy (non-hydrogen) atoms. The molecule has 3 aromatic rings. The van der Waals surface area contributed by atoms with E-state index in [-0.39, 0.29) is 24.3 Å². The van der Waals surface area contributed by atoms with E-state index in [1.807, 2.05) is 48.5 Å². The Morgan fingerprint density at radius 1 is 0.737 bits per heavy atom. The summed E-state index contributed by atoms with van der Waals surface area (Å²) in [6.07, 6.45) is 2.27. The van der Waals surface area contributed by atoms with Crippen LogP contribution in [0.5, 0.6) is 0 Å². The number of nitrogens with zero attached hydrogens (tertiary/aromatic N) is 1. The molecule has 0 aromatic heterocycles. The Kier molecular flexibility index (Phi) is 6.29. The topological polar surface area (TPSA) is 66.5 Å². The summed E-state index contributed by atoms with van der Waals surface area (Å²) in [7, 11) is 0. The summed E-state index contributed by atoms with van der Waals surface area (Å²) < 4.78 is 0. The highest BCUT2D eigenvalue weighted by Crippen LogP contribution is 2.69. The Bertz CT molecular complexity index is 1330. The number of unbranched alkanes of at least 4 members (excludes halogenated alkanes) is 2.